The first-order valence-corrected chi connectivity index (χ1v) is 10.9. The van der Waals surface area contributed by atoms with Crippen LogP contribution in [0.2, 0.25) is 0 Å². The van der Waals surface area contributed by atoms with Crippen LogP contribution in [0, 0.1) is 10.7 Å². The van der Waals surface area contributed by atoms with Crippen LogP contribution in [0.15, 0.2) is 77.6 Å². The summed E-state index contributed by atoms with van der Waals surface area (Å²) < 4.78 is 41.7. The molecule has 2 N–H and O–H groups in total. The van der Waals surface area contributed by atoms with Gasteiger partial charge >= 0.3 is 6.18 Å². The second-order valence-corrected chi connectivity index (χ2v) is 8.29. The number of benzene rings is 3. The number of nitrogens with two attached hydrogens (primary N) is 1. The number of nitrogen functional groups attached to an aromatic ring is 1. The van der Waals surface area contributed by atoms with Gasteiger partial charge in [0.05, 0.1) is 17.6 Å². The van der Waals surface area contributed by atoms with E-state index in [1.807, 2.05) is 53.9 Å². The molecule has 0 saturated carbocycles. The predicted octanol–water partition coefficient (Wildman–Crippen LogP) is 6.03. The first-order valence-electron chi connectivity index (χ1n) is 9.95. The molecule has 0 bridgehead atoms. The maximum absolute atomic E-state index is 13.5. The van der Waals surface area contributed by atoms with Gasteiger partial charge in [0.2, 0.25) is 0 Å². The molecule has 4 nitrogen and oxygen atoms in total. The van der Waals surface area contributed by atoms with Crippen molar-refractivity contribution in [2.24, 2.45) is 0 Å². The molecule has 4 rings (SSSR count). The molecular weight excluding hydrogens is 447 g/mol. The Labute approximate surface area is 192 Å². The fourth-order valence-corrected chi connectivity index (χ4v) is 4.11. The molecule has 0 amide bonds. The summed E-state index contributed by atoms with van der Waals surface area (Å²) in [6.07, 6.45) is -4.64. The number of nitrogens with zero attached hydrogens (tertiary/aromatic N) is 2. The van der Waals surface area contributed by atoms with Crippen molar-refractivity contribution in [1.29, 1.82) is 5.26 Å². The molecule has 33 heavy (non-hydrogen) atoms. The van der Waals surface area contributed by atoms with E-state index in [0.29, 0.717) is 11.8 Å². The fraction of sp³-hybridized carbons (Fsp3) is 0.120. The second kappa shape index (κ2) is 9.04. The molecule has 1 heterocycles. The number of hydrogen-bond donors (Lipinski definition) is 1. The normalized spacial score (nSPS) is 11.5. The van der Waals surface area contributed by atoms with Crippen LogP contribution in [0.25, 0.3) is 22.0 Å². The number of aromatic nitrogens is 1. The number of thiocyanates is 1. The third-order valence-electron chi connectivity index (χ3n) is 5.33. The van der Waals surface area contributed by atoms with Gasteiger partial charge in [0.25, 0.3) is 5.56 Å². The zero-order chi connectivity index (χ0) is 23.6. The van der Waals surface area contributed by atoms with E-state index < -0.39 is 17.3 Å². The highest BCUT2D eigenvalue weighted by Crippen LogP contribution is 2.34. The topological polar surface area (TPSA) is 71.8 Å². The Morgan fingerprint density at radius 2 is 1.52 bits per heavy atom. The Balaban J connectivity index is 1.65. The van der Waals surface area contributed by atoms with Gasteiger partial charge in [-0.15, -0.1) is 0 Å². The van der Waals surface area contributed by atoms with Crippen molar-refractivity contribution in [3.63, 3.8) is 0 Å². The molecule has 0 fully saturated rings. The molecule has 0 saturated heterocycles. The molecule has 3 aromatic carbocycles. The van der Waals surface area contributed by atoms with E-state index in [1.54, 1.807) is 0 Å². The lowest BCUT2D eigenvalue weighted by atomic mass is 10.0. The molecule has 0 spiro atoms. The minimum Gasteiger partial charge on any atom is -0.399 e. The maximum Gasteiger partial charge on any atom is 0.417 e. The van der Waals surface area contributed by atoms with Crippen molar-refractivity contribution < 1.29 is 13.2 Å². The molecule has 0 aliphatic rings. The van der Waals surface area contributed by atoms with Gasteiger partial charge in [0.15, 0.2) is 0 Å². The lowest BCUT2D eigenvalue weighted by Gasteiger charge is -2.16. The average Bonchev–Trinajstić information content (AvgIpc) is 2.79. The Bertz CT molecular complexity index is 1400. The molecule has 4 aromatic rings. The number of halogens is 3. The Morgan fingerprint density at radius 1 is 0.909 bits per heavy atom. The van der Waals surface area contributed by atoms with E-state index in [0.717, 1.165) is 22.3 Å². The highest BCUT2D eigenvalue weighted by molar-refractivity contribution is 8.02. The van der Waals surface area contributed by atoms with Crippen LogP contribution in [0.1, 0.15) is 16.7 Å². The van der Waals surface area contributed by atoms with Crippen LogP contribution in [0.4, 0.5) is 18.9 Å². The minimum atomic E-state index is -4.64. The van der Waals surface area contributed by atoms with Crippen molar-refractivity contribution in [2.45, 2.75) is 18.5 Å². The van der Waals surface area contributed by atoms with Crippen LogP contribution in [-0.4, -0.2) is 4.57 Å². The molecule has 0 radical (unpaired) electrons. The van der Waals surface area contributed by atoms with Gasteiger partial charge in [-0.1, -0.05) is 54.6 Å². The van der Waals surface area contributed by atoms with E-state index in [4.69, 9.17) is 11.0 Å². The van der Waals surface area contributed by atoms with Crippen LogP contribution < -0.4 is 11.3 Å². The number of fused-ring (bicyclic) bond motifs is 1. The maximum atomic E-state index is 13.5. The lowest BCUT2D eigenvalue weighted by molar-refractivity contribution is -0.136. The van der Waals surface area contributed by atoms with Crippen LogP contribution in [0.5, 0.6) is 0 Å². The van der Waals surface area contributed by atoms with Crippen molar-refractivity contribution in [3.8, 4) is 16.5 Å². The highest BCUT2D eigenvalue weighted by Gasteiger charge is 2.33. The molecule has 166 valence electrons. The summed E-state index contributed by atoms with van der Waals surface area (Å²) >= 11 is 1.18. The Morgan fingerprint density at radius 3 is 2.09 bits per heavy atom. The minimum absolute atomic E-state index is 0.0671. The summed E-state index contributed by atoms with van der Waals surface area (Å²) in [5.74, 6) is 0.621. The zero-order valence-electron chi connectivity index (χ0n) is 17.3. The fourth-order valence-electron chi connectivity index (χ4n) is 3.69. The molecule has 0 unspecified atom stereocenters. The average molecular weight is 466 g/mol. The number of pyridine rings is 1. The van der Waals surface area contributed by atoms with Crippen molar-refractivity contribution in [1.82, 2.24) is 4.57 Å². The molecule has 8 heteroatoms. The summed E-state index contributed by atoms with van der Waals surface area (Å²) in [7, 11) is 0. The number of alkyl halides is 3. The largest absolute Gasteiger partial charge is 0.417 e. The number of rotatable bonds is 5. The highest BCUT2D eigenvalue weighted by atomic mass is 32.2. The van der Waals surface area contributed by atoms with Crippen molar-refractivity contribution in [3.05, 3.63) is 99.8 Å². The number of thioether (sulfide) groups is 1. The summed E-state index contributed by atoms with van der Waals surface area (Å²) in [4.78, 5) is 12.6. The molecule has 1 aromatic heterocycles. The lowest BCUT2D eigenvalue weighted by Crippen LogP contribution is -2.23. The van der Waals surface area contributed by atoms with Gasteiger partial charge in [-0.2, -0.15) is 18.4 Å². The standard InChI is InChI=1S/C25H18F3N3OS/c26-25(27,28)22-12-24(32)31(23-11-20(30)9-10-21(22)23)13-16-1-5-18(6-2-16)19-7-3-17(4-8-19)14-33-15-29/h1-12H,13-14,30H2. The third kappa shape index (κ3) is 4.89. The van der Waals surface area contributed by atoms with E-state index >= 15 is 0 Å². The summed E-state index contributed by atoms with van der Waals surface area (Å²) in [6, 6.07) is 20.1. The van der Waals surface area contributed by atoms with Gasteiger partial charge in [0, 0.05) is 22.9 Å². The Hall–Kier alpha value is -3.70. The van der Waals surface area contributed by atoms with E-state index in [1.165, 1.54) is 34.5 Å². The van der Waals surface area contributed by atoms with Crippen molar-refractivity contribution >= 4 is 28.4 Å². The van der Waals surface area contributed by atoms with E-state index in [2.05, 4.69) is 0 Å². The van der Waals surface area contributed by atoms with Crippen LogP contribution in [-0.2, 0) is 18.5 Å². The molecule has 0 aliphatic heterocycles. The second-order valence-electron chi connectivity index (χ2n) is 7.53. The van der Waals surface area contributed by atoms with E-state index in [9.17, 15) is 18.0 Å². The van der Waals surface area contributed by atoms with Gasteiger partial charge in [0.1, 0.15) is 5.40 Å². The Kier molecular flexibility index (Phi) is 6.16. The SMILES string of the molecule is N#CSCc1ccc(-c2ccc(Cn3c(=O)cc(C(F)(F)F)c4ccc(N)cc43)cc2)cc1. The zero-order valence-corrected chi connectivity index (χ0v) is 18.1. The van der Waals surface area contributed by atoms with E-state index in [-0.39, 0.29) is 23.1 Å². The quantitative estimate of drug-likeness (QED) is 0.288. The van der Waals surface area contributed by atoms with Crippen LogP contribution in [0.3, 0.4) is 0 Å². The van der Waals surface area contributed by atoms with Crippen molar-refractivity contribution in [2.75, 3.05) is 5.73 Å². The third-order valence-corrected chi connectivity index (χ3v) is 5.93. The smallest absolute Gasteiger partial charge is 0.399 e. The van der Waals surface area contributed by atoms with Gasteiger partial charge < -0.3 is 10.3 Å². The number of nitriles is 1. The number of hydrogen-bond acceptors (Lipinski definition) is 4. The first kappa shape index (κ1) is 22.5. The summed E-state index contributed by atoms with van der Waals surface area (Å²) in [5.41, 5.74) is 8.30. The number of anilines is 1. The molecular formula is C25H18F3N3OS. The van der Waals surface area contributed by atoms with Gasteiger partial charge in [-0.25, -0.2) is 0 Å². The summed E-state index contributed by atoms with van der Waals surface area (Å²) in [5, 5.41) is 10.6. The molecule has 0 aliphatic carbocycles. The summed E-state index contributed by atoms with van der Waals surface area (Å²) in [6.45, 7) is 0.113. The van der Waals surface area contributed by atoms with Gasteiger partial charge in [-0.3, -0.25) is 4.79 Å². The van der Waals surface area contributed by atoms with Gasteiger partial charge in [-0.05, 0) is 46.1 Å². The molecule has 0 atom stereocenters. The van der Waals surface area contributed by atoms with Crippen LogP contribution >= 0.6 is 11.8 Å². The monoisotopic (exact) mass is 465 g/mol. The predicted molar refractivity (Wildman–Crippen MR) is 126 cm³/mol. The first-order chi connectivity index (χ1) is 15.8.